The molecular weight excluding hydrogens is 348 g/mol. The zero-order valence-electron chi connectivity index (χ0n) is 10.5. The molecule has 20 heavy (non-hydrogen) atoms. The first-order valence-corrected chi connectivity index (χ1v) is 6.91. The maximum Gasteiger partial charge on any atom is 0.320 e. The summed E-state index contributed by atoms with van der Waals surface area (Å²) in [7, 11) is 0. The molecule has 1 unspecified atom stereocenters. The normalized spacial score (nSPS) is 12.4. The molecule has 8 heteroatoms. The van der Waals surface area contributed by atoms with Gasteiger partial charge in [-0.15, -0.1) is 5.10 Å². The van der Waals surface area contributed by atoms with E-state index in [1.807, 2.05) is 13.0 Å². The van der Waals surface area contributed by atoms with Crippen molar-refractivity contribution in [3.8, 4) is 5.69 Å². The number of carboxylic acid groups (broad SMARTS) is 1. The zero-order chi connectivity index (χ0) is 14.9. The van der Waals surface area contributed by atoms with E-state index in [1.165, 1.54) is 4.68 Å². The van der Waals surface area contributed by atoms with Gasteiger partial charge in [-0.1, -0.05) is 16.8 Å². The standard InChI is InChI=1S/C12H12BrClN4O2/c1-6-2-8(13)11(4-9(6)14)18-5-7(16-17-18)3-10(15)12(19)20/h2,4-5,10H,3,15H2,1H3,(H,19,20). The minimum absolute atomic E-state index is 0.118. The molecule has 0 saturated heterocycles. The van der Waals surface area contributed by atoms with Crippen molar-refractivity contribution in [2.24, 2.45) is 5.73 Å². The van der Waals surface area contributed by atoms with Gasteiger partial charge in [0, 0.05) is 15.9 Å². The third-order valence-electron chi connectivity index (χ3n) is 2.76. The fourth-order valence-electron chi connectivity index (χ4n) is 1.63. The van der Waals surface area contributed by atoms with Gasteiger partial charge < -0.3 is 10.8 Å². The number of benzene rings is 1. The third-order valence-corrected chi connectivity index (χ3v) is 3.80. The average Bonchev–Trinajstić information content (AvgIpc) is 2.82. The highest BCUT2D eigenvalue weighted by molar-refractivity contribution is 9.10. The number of aromatic nitrogens is 3. The predicted molar refractivity (Wildman–Crippen MR) is 78.1 cm³/mol. The largest absolute Gasteiger partial charge is 0.480 e. The fourth-order valence-corrected chi connectivity index (χ4v) is 2.43. The third kappa shape index (κ3) is 3.17. The van der Waals surface area contributed by atoms with Crippen molar-refractivity contribution in [3.05, 3.63) is 39.1 Å². The number of aryl methyl sites for hydroxylation is 1. The molecule has 0 fully saturated rings. The van der Waals surface area contributed by atoms with Crippen LogP contribution >= 0.6 is 27.5 Å². The molecule has 1 aromatic heterocycles. The van der Waals surface area contributed by atoms with Crippen molar-refractivity contribution in [2.75, 3.05) is 0 Å². The van der Waals surface area contributed by atoms with Crippen LogP contribution in [-0.2, 0) is 11.2 Å². The van der Waals surface area contributed by atoms with Crippen LogP contribution in [0.1, 0.15) is 11.3 Å². The summed E-state index contributed by atoms with van der Waals surface area (Å²) in [6.45, 7) is 1.90. The number of carboxylic acids is 1. The minimum atomic E-state index is -1.07. The molecule has 106 valence electrons. The summed E-state index contributed by atoms with van der Waals surface area (Å²) in [5.41, 5.74) is 7.63. The molecule has 0 radical (unpaired) electrons. The van der Waals surface area contributed by atoms with Crippen LogP contribution in [0.25, 0.3) is 5.69 Å². The lowest BCUT2D eigenvalue weighted by Gasteiger charge is -2.06. The summed E-state index contributed by atoms with van der Waals surface area (Å²) in [6.07, 6.45) is 1.75. The Bertz CT molecular complexity index is 659. The molecule has 1 aromatic carbocycles. The molecule has 0 amide bonds. The van der Waals surface area contributed by atoms with E-state index in [4.69, 9.17) is 22.4 Å². The Balaban J connectivity index is 2.29. The Morgan fingerprint density at radius 3 is 2.95 bits per heavy atom. The number of rotatable bonds is 4. The van der Waals surface area contributed by atoms with Crippen molar-refractivity contribution in [2.45, 2.75) is 19.4 Å². The van der Waals surface area contributed by atoms with Gasteiger partial charge in [0.1, 0.15) is 6.04 Å². The van der Waals surface area contributed by atoms with Crippen LogP contribution in [0.4, 0.5) is 0 Å². The van der Waals surface area contributed by atoms with E-state index < -0.39 is 12.0 Å². The molecule has 1 heterocycles. The number of aliphatic carboxylic acids is 1. The van der Waals surface area contributed by atoms with Crippen molar-refractivity contribution in [1.82, 2.24) is 15.0 Å². The Morgan fingerprint density at radius 2 is 2.30 bits per heavy atom. The van der Waals surface area contributed by atoms with Crippen LogP contribution in [-0.4, -0.2) is 32.1 Å². The van der Waals surface area contributed by atoms with E-state index in [-0.39, 0.29) is 6.42 Å². The molecule has 2 rings (SSSR count). The predicted octanol–water partition coefficient (Wildman–Crippen LogP) is 1.95. The van der Waals surface area contributed by atoms with Crippen LogP contribution in [0.5, 0.6) is 0 Å². The van der Waals surface area contributed by atoms with Crippen LogP contribution in [0.3, 0.4) is 0 Å². The Kier molecular flexibility index (Phi) is 4.42. The highest BCUT2D eigenvalue weighted by Gasteiger charge is 2.15. The van der Waals surface area contributed by atoms with Gasteiger partial charge in [0.2, 0.25) is 0 Å². The van der Waals surface area contributed by atoms with Gasteiger partial charge in [-0.3, -0.25) is 4.79 Å². The molecular formula is C12H12BrClN4O2. The summed E-state index contributed by atoms with van der Waals surface area (Å²) in [6, 6.07) is 2.64. The molecule has 0 aliphatic heterocycles. The van der Waals surface area contributed by atoms with Crippen molar-refractivity contribution < 1.29 is 9.90 Å². The summed E-state index contributed by atoms with van der Waals surface area (Å²) in [4.78, 5) is 10.7. The first-order chi connectivity index (χ1) is 9.38. The van der Waals surface area contributed by atoms with E-state index in [2.05, 4.69) is 26.2 Å². The summed E-state index contributed by atoms with van der Waals surface area (Å²) in [5, 5.41) is 17.3. The quantitative estimate of drug-likeness (QED) is 0.870. The molecule has 0 aliphatic rings. The highest BCUT2D eigenvalue weighted by Crippen LogP contribution is 2.27. The zero-order valence-corrected chi connectivity index (χ0v) is 12.9. The van der Waals surface area contributed by atoms with Gasteiger partial charge in [-0.05, 0) is 40.5 Å². The summed E-state index contributed by atoms with van der Waals surface area (Å²) in [5.74, 6) is -1.07. The number of halogens is 2. The maximum absolute atomic E-state index is 10.7. The Hall–Kier alpha value is -1.44. The smallest absolute Gasteiger partial charge is 0.320 e. The van der Waals surface area contributed by atoms with E-state index in [1.54, 1.807) is 12.3 Å². The number of hydrogen-bond acceptors (Lipinski definition) is 4. The molecule has 0 aliphatic carbocycles. The molecule has 3 N–H and O–H groups in total. The van der Waals surface area contributed by atoms with Crippen LogP contribution in [0.2, 0.25) is 5.02 Å². The second-order valence-corrected chi connectivity index (χ2v) is 5.62. The number of hydrogen-bond donors (Lipinski definition) is 2. The topological polar surface area (TPSA) is 94.0 Å². The first-order valence-electron chi connectivity index (χ1n) is 5.74. The lowest BCUT2D eigenvalue weighted by molar-refractivity contribution is -0.138. The summed E-state index contributed by atoms with van der Waals surface area (Å²) < 4.78 is 2.35. The van der Waals surface area contributed by atoms with Gasteiger partial charge in [-0.2, -0.15) is 0 Å². The average molecular weight is 360 g/mol. The van der Waals surface area contributed by atoms with Crippen LogP contribution in [0, 0.1) is 6.92 Å². The van der Waals surface area contributed by atoms with E-state index >= 15 is 0 Å². The second kappa shape index (κ2) is 5.90. The van der Waals surface area contributed by atoms with Gasteiger partial charge in [-0.25, -0.2) is 4.68 Å². The highest BCUT2D eigenvalue weighted by atomic mass is 79.9. The number of nitrogens with two attached hydrogens (primary N) is 1. The molecule has 6 nitrogen and oxygen atoms in total. The van der Waals surface area contributed by atoms with Crippen LogP contribution < -0.4 is 5.73 Å². The SMILES string of the molecule is Cc1cc(Br)c(-n2cc(CC(N)C(=O)O)nn2)cc1Cl. The van der Waals surface area contributed by atoms with Crippen LogP contribution in [0.15, 0.2) is 22.8 Å². The molecule has 0 bridgehead atoms. The van der Waals surface area contributed by atoms with Crippen molar-refractivity contribution >= 4 is 33.5 Å². The second-order valence-electron chi connectivity index (χ2n) is 4.36. The lowest BCUT2D eigenvalue weighted by Crippen LogP contribution is -2.32. The van der Waals surface area contributed by atoms with Gasteiger partial charge >= 0.3 is 5.97 Å². The summed E-state index contributed by atoms with van der Waals surface area (Å²) >= 11 is 9.52. The molecule has 1 atom stereocenters. The molecule has 0 saturated carbocycles. The molecule has 0 spiro atoms. The Morgan fingerprint density at radius 1 is 1.60 bits per heavy atom. The van der Waals surface area contributed by atoms with Gasteiger partial charge in [0.25, 0.3) is 0 Å². The maximum atomic E-state index is 10.7. The van der Waals surface area contributed by atoms with E-state index in [9.17, 15) is 4.79 Å². The van der Waals surface area contributed by atoms with Crippen molar-refractivity contribution in [1.29, 1.82) is 0 Å². The van der Waals surface area contributed by atoms with E-state index in [0.717, 1.165) is 15.7 Å². The minimum Gasteiger partial charge on any atom is -0.480 e. The lowest BCUT2D eigenvalue weighted by atomic mass is 10.2. The first kappa shape index (κ1) is 15.0. The van der Waals surface area contributed by atoms with Gasteiger partial charge in [0.05, 0.1) is 17.6 Å². The fraction of sp³-hybridized carbons (Fsp3) is 0.250. The van der Waals surface area contributed by atoms with Crippen molar-refractivity contribution in [3.63, 3.8) is 0 Å². The Labute approximate surface area is 128 Å². The number of nitrogens with zero attached hydrogens (tertiary/aromatic N) is 3. The number of carbonyl (C=O) groups is 1. The monoisotopic (exact) mass is 358 g/mol. The van der Waals surface area contributed by atoms with E-state index in [0.29, 0.717) is 10.7 Å². The van der Waals surface area contributed by atoms with Gasteiger partial charge in [0.15, 0.2) is 0 Å². The molecule has 2 aromatic rings.